The van der Waals surface area contributed by atoms with Crippen LogP contribution in [0.1, 0.15) is 18.9 Å². The van der Waals surface area contributed by atoms with Crippen LogP contribution in [0.3, 0.4) is 0 Å². The molecule has 0 radical (unpaired) electrons. The van der Waals surface area contributed by atoms with Gasteiger partial charge in [-0.25, -0.2) is 13.9 Å². The molecule has 1 saturated heterocycles. The highest BCUT2D eigenvalue weighted by molar-refractivity contribution is 6.76. The van der Waals surface area contributed by atoms with Gasteiger partial charge in [0.15, 0.2) is 0 Å². The Hall–Kier alpha value is -2.75. The monoisotopic (exact) mass is 516 g/mol. The zero-order valence-electron chi connectivity index (χ0n) is 20.4. The molecule has 10 heteroatoms. The third-order valence-electron chi connectivity index (χ3n) is 6.10. The van der Waals surface area contributed by atoms with Crippen molar-refractivity contribution in [1.29, 1.82) is 0 Å². The molecule has 35 heavy (non-hydrogen) atoms. The molecule has 2 aromatic heterocycles. The topological polar surface area (TPSA) is 69.5 Å². The maximum absolute atomic E-state index is 14.1. The summed E-state index contributed by atoms with van der Waals surface area (Å²) in [5, 5.41) is 4.73. The summed E-state index contributed by atoms with van der Waals surface area (Å²) in [5.41, 5.74) is 1.19. The normalized spacial score (nSPS) is 18.6. The number of cyclic esters (lactones) is 1. The number of hydrogen-bond donors (Lipinski definition) is 0. The van der Waals surface area contributed by atoms with E-state index in [1.54, 1.807) is 35.0 Å². The highest BCUT2D eigenvalue weighted by atomic mass is 35.5. The average molecular weight is 517 g/mol. The molecule has 0 saturated carbocycles. The minimum absolute atomic E-state index is 0.0304. The highest BCUT2D eigenvalue weighted by Crippen LogP contribution is 2.37. The number of nitrogens with zero attached hydrogens (tertiary/aromatic N) is 4. The van der Waals surface area contributed by atoms with Gasteiger partial charge in [0.25, 0.3) is 0 Å². The van der Waals surface area contributed by atoms with Crippen LogP contribution in [0, 0.1) is 5.82 Å². The summed E-state index contributed by atoms with van der Waals surface area (Å²) in [6, 6.07) is 11.1. The summed E-state index contributed by atoms with van der Waals surface area (Å²) in [4.78, 5) is 18.8. The van der Waals surface area contributed by atoms with Crippen LogP contribution in [0.5, 0.6) is 0 Å². The van der Waals surface area contributed by atoms with E-state index in [4.69, 9.17) is 26.2 Å². The van der Waals surface area contributed by atoms with Crippen LogP contribution < -0.4 is 4.90 Å². The first-order valence-corrected chi connectivity index (χ1v) is 15.7. The maximum atomic E-state index is 14.1. The van der Waals surface area contributed by atoms with Crippen LogP contribution in [0.4, 0.5) is 15.0 Å². The van der Waals surface area contributed by atoms with Gasteiger partial charge in [0.2, 0.25) is 0 Å². The SMILES string of the molecule is CC1(c2ccc(Cl)c(F)c2)CCN(c2cc(-c3ccncc3)nn2COCC[Si](C)(C)C)C(=O)O1. The van der Waals surface area contributed by atoms with Crippen molar-refractivity contribution in [2.45, 2.75) is 51.4 Å². The van der Waals surface area contributed by atoms with Gasteiger partial charge in [0.05, 0.1) is 10.7 Å². The Balaban J connectivity index is 1.57. The minimum Gasteiger partial charge on any atom is -0.438 e. The standard InChI is InChI=1S/C25H30ClFN4O3Si/c1-25(19-5-6-20(26)21(27)15-19)9-12-30(24(32)34-25)23-16-22(18-7-10-28-11-8-18)29-31(23)17-33-13-14-35(2,3)4/h5-8,10-11,15-16H,9,12-14,17H2,1-4H3. The smallest absolute Gasteiger partial charge is 0.416 e. The quantitative estimate of drug-likeness (QED) is 0.259. The van der Waals surface area contributed by atoms with Crippen LogP contribution in [-0.4, -0.2) is 42.1 Å². The van der Waals surface area contributed by atoms with Crippen molar-refractivity contribution in [3.63, 3.8) is 0 Å². The maximum Gasteiger partial charge on any atom is 0.416 e. The number of anilines is 1. The Morgan fingerprint density at radius 1 is 1.20 bits per heavy atom. The first-order valence-electron chi connectivity index (χ1n) is 11.6. The van der Waals surface area contributed by atoms with Crippen molar-refractivity contribution in [2.75, 3.05) is 18.1 Å². The summed E-state index contributed by atoms with van der Waals surface area (Å²) >= 11 is 5.83. The van der Waals surface area contributed by atoms with Gasteiger partial charge in [-0.3, -0.25) is 9.88 Å². The number of halogens is 2. The molecule has 0 spiro atoms. The van der Waals surface area contributed by atoms with Gasteiger partial charge in [-0.15, -0.1) is 0 Å². The Kier molecular flexibility index (Phi) is 7.30. The number of amides is 1. The third kappa shape index (κ3) is 5.91. The molecule has 1 amide bonds. The molecule has 4 rings (SSSR count). The van der Waals surface area contributed by atoms with Crippen molar-refractivity contribution < 1.29 is 18.7 Å². The molecule has 0 bridgehead atoms. The summed E-state index contributed by atoms with van der Waals surface area (Å²) in [7, 11) is -1.24. The molecule has 1 aromatic carbocycles. The van der Waals surface area contributed by atoms with Gasteiger partial charge in [0.1, 0.15) is 24.0 Å². The molecule has 186 valence electrons. The number of hydrogen-bond acceptors (Lipinski definition) is 5. The van der Waals surface area contributed by atoms with E-state index < -0.39 is 25.6 Å². The van der Waals surface area contributed by atoms with Crippen LogP contribution in [0.25, 0.3) is 11.3 Å². The van der Waals surface area contributed by atoms with Crippen molar-refractivity contribution in [3.05, 3.63) is 65.2 Å². The van der Waals surface area contributed by atoms with Crippen molar-refractivity contribution >= 4 is 31.6 Å². The Morgan fingerprint density at radius 3 is 2.60 bits per heavy atom. The Labute approximate surface area is 210 Å². The van der Waals surface area contributed by atoms with Crippen molar-refractivity contribution in [3.8, 4) is 11.3 Å². The summed E-state index contributed by atoms with van der Waals surface area (Å²) in [6.45, 7) is 9.89. The lowest BCUT2D eigenvalue weighted by atomic mass is 9.91. The van der Waals surface area contributed by atoms with Gasteiger partial charge in [0, 0.05) is 51.7 Å². The number of carbonyl (C=O) groups excluding carboxylic acids is 1. The molecular formula is C25H30ClFN4O3Si. The van der Waals surface area contributed by atoms with Crippen LogP contribution in [0.15, 0.2) is 48.8 Å². The lowest BCUT2D eigenvalue weighted by molar-refractivity contribution is 0.00468. The van der Waals surface area contributed by atoms with Crippen molar-refractivity contribution in [1.82, 2.24) is 14.8 Å². The van der Waals surface area contributed by atoms with Crippen molar-refractivity contribution in [2.24, 2.45) is 0 Å². The first-order chi connectivity index (χ1) is 16.6. The number of aromatic nitrogens is 3. The molecule has 1 atom stereocenters. The van der Waals surface area contributed by atoms with E-state index >= 15 is 0 Å². The predicted octanol–water partition coefficient (Wildman–Crippen LogP) is 6.31. The van der Waals surface area contributed by atoms with Crippen LogP contribution >= 0.6 is 11.6 Å². The number of carbonyl (C=O) groups is 1. The van der Waals surface area contributed by atoms with Gasteiger partial charge < -0.3 is 9.47 Å². The molecule has 0 N–H and O–H groups in total. The van der Waals surface area contributed by atoms with Gasteiger partial charge in [-0.2, -0.15) is 5.10 Å². The second kappa shape index (κ2) is 10.1. The van der Waals surface area contributed by atoms with Crippen LogP contribution in [0.2, 0.25) is 30.7 Å². The molecule has 1 unspecified atom stereocenters. The number of pyridine rings is 1. The predicted molar refractivity (Wildman–Crippen MR) is 137 cm³/mol. The molecule has 3 aromatic rings. The van der Waals surface area contributed by atoms with E-state index in [1.165, 1.54) is 12.1 Å². The van der Waals surface area contributed by atoms with Gasteiger partial charge >= 0.3 is 6.09 Å². The molecule has 7 nitrogen and oxygen atoms in total. The van der Waals surface area contributed by atoms with Gasteiger partial charge in [-0.05, 0) is 42.8 Å². The summed E-state index contributed by atoms with van der Waals surface area (Å²) < 4.78 is 27.5. The molecule has 1 aliphatic rings. The van der Waals surface area contributed by atoms with E-state index in [0.29, 0.717) is 36.6 Å². The molecule has 1 aliphatic heterocycles. The number of ether oxygens (including phenoxy) is 2. The molecule has 0 aliphatic carbocycles. The first kappa shape index (κ1) is 25.3. The summed E-state index contributed by atoms with van der Waals surface area (Å²) in [5.74, 6) is 0.0403. The van der Waals surface area contributed by atoms with E-state index in [2.05, 4.69) is 24.6 Å². The molecule has 1 fully saturated rings. The van der Waals surface area contributed by atoms with E-state index in [9.17, 15) is 9.18 Å². The Morgan fingerprint density at radius 2 is 1.94 bits per heavy atom. The zero-order valence-corrected chi connectivity index (χ0v) is 22.2. The van der Waals surface area contributed by atoms with E-state index in [-0.39, 0.29) is 11.8 Å². The fourth-order valence-corrected chi connectivity index (χ4v) is 4.74. The zero-order chi connectivity index (χ0) is 25.2. The minimum atomic E-state index is -1.24. The number of rotatable bonds is 8. The number of benzene rings is 1. The lowest BCUT2D eigenvalue weighted by Gasteiger charge is -2.39. The van der Waals surface area contributed by atoms with Crippen LogP contribution in [-0.2, 0) is 21.8 Å². The van der Waals surface area contributed by atoms with Gasteiger partial charge in [-0.1, -0.05) is 37.3 Å². The molecule has 3 heterocycles. The third-order valence-corrected chi connectivity index (χ3v) is 8.11. The fraction of sp³-hybridized carbons (Fsp3) is 0.400. The average Bonchev–Trinajstić information content (AvgIpc) is 3.22. The van der Waals surface area contributed by atoms with E-state index in [0.717, 1.165) is 11.6 Å². The molecular weight excluding hydrogens is 487 g/mol. The Bertz CT molecular complexity index is 1200. The lowest BCUT2D eigenvalue weighted by Crippen LogP contribution is -2.47. The second-order valence-electron chi connectivity index (χ2n) is 10.1. The fourth-order valence-electron chi connectivity index (χ4n) is 3.86. The highest BCUT2D eigenvalue weighted by Gasteiger charge is 2.40. The summed E-state index contributed by atoms with van der Waals surface area (Å²) in [6.07, 6.45) is 3.33. The van der Waals surface area contributed by atoms with E-state index in [1.807, 2.05) is 18.2 Å². The largest absolute Gasteiger partial charge is 0.438 e. The second-order valence-corrected chi connectivity index (χ2v) is 16.1.